The van der Waals surface area contributed by atoms with E-state index in [1.54, 1.807) is 6.33 Å². The first kappa shape index (κ1) is 19.2. The van der Waals surface area contributed by atoms with Crippen LogP contribution in [-0.2, 0) is 4.74 Å². The summed E-state index contributed by atoms with van der Waals surface area (Å²) in [5, 5.41) is 3.56. The smallest absolute Gasteiger partial charge is 0.129 e. The second kappa shape index (κ2) is 9.41. The van der Waals surface area contributed by atoms with E-state index in [2.05, 4.69) is 49.2 Å². The summed E-state index contributed by atoms with van der Waals surface area (Å²) in [7, 11) is 2.19. The fraction of sp³-hybridized carbons (Fsp3) is 0.571. The Morgan fingerprint density at radius 1 is 1.18 bits per heavy atom. The molecule has 0 bridgehead atoms. The van der Waals surface area contributed by atoms with Crippen molar-refractivity contribution in [1.82, 2.24) is 24.8 Å². The first-order valence-corrected chi connectivity index (χ1v) is 10.3. The Morgan fingerprint density at radius 2 is 2.00 bits per heavy atom. The number of hydrogen-bond donors (Lipinski definition) is 1. The minimum absolute atomic E-state index is 0.249. The average molecular weight is 383 g/mol. The van der Waals surface area contributed by atoms with E-state index >= 15 is 0 Å². The Bertz CT molecular complexity index is 729. The summed E-state index contributed by atoms with van der Waals surface area (Å²) in [6, 6.07) is 6.54. The summed E-state index contributed by atoms with van der Waals surface area (Å²) in [6.45, 7) is 6.50. The fourth-order valence-electron chi connectivity index (χ4n) is 4.12. The van der Waals surface area contributed by atoms with Gasteiger partial charge in [0.1, 0.15) is 12.1 Å². The van der Waals surface area contributed by atoms with E-state index in [9.17, 15) is 0 Å². The number of nitrogens with zero attached hydrogens (tertiary/aromatic N) is 5. The molecule has 2 saturated heterocycles. The predicted octanol–water partition coefficient (Wildman–Crippen LogP) is 2.17. The van der Waals surface area contributed by atoms with Gasteiger partial charge in [-0.25, -0.2) is 9.97 Å². The van der Waals surface area contributed by atoms with Gasteiger partial charge in [0.2, 0.25) is 0 Å². The molecule has 1 N–H and O–H groups in total. The molecule has 0 aromatic carbocycles. The maximum Gasteiger partial charge on any atom is 0.129 e. The number of morpholine rings is 1. The van der Waals surface area contributed by atoms with E-state index in [0.29, 0.717) is 5.92 Å². The monoisotopic (exact) mass is 382 g/mol. The molecule has 1 unspecified atom stereocenters. The molecule has 2 aromatic rings. The summed E-state index contributed by atoms with van der Waals surface area (Å²) in [5.74, 6) is 1.44. The standard InChI is InChI=1S/C21H30N6O/c1-26-7-4-17(5-8-26)19-13-21(25-16-24-19)23-15-20(18-3-2-6-22-14-18)27-9-11-28-12-10-27/h2-3,6,13-14,16-17,20H,4-5,7-12,15H2,1H3,(H,23,24,25). The highest BCUT2D eigenvalue weighted by atomic mass is 16.5. The number of ether oxygens (including phenoxy) is 1. The zero-order valence-electron chi connectivity index (χ0n) is 16.6. The van der Waals surface area contributed by atoms with E-state index in [1.165, 1.54) is 18.4 Å². The first-order valence-electron chi connectivity index (χ1n) is 10.3. The molecule has 150 valence electrons. The Hall–Kier alpha value is -2.09. The molecular weight excluding hydrogens is 352 g/mol. The molecule has 4 rings (SSSR count). The Kier molecular flexibility index (Phi) is 6.46. The van der Waals surface area contributed by atoms with E-state index in [4.69, 9.17) is 4.74 Å². The lowest BCUT2D eigenvalue weighted by molar-refractivity contribution is 0.0186. The molecule has 0 spiro atoms. The van der Waals surface area contributed by atoms with Crippen LogP contribution in [0.5, 0.6) is 0 Å². The van der Waals surface area contributed by atoms with E-state index in [0.717, 1.165) is 57.4 Å². The number of pyridine rings is 1. The fourth-order valence-corrected chi connectivity index (χ4v) is 4.12. The molecule has 2 aliphatic rings. The normalized spacial score (nSPS) is 20.8. The van der Waals surface area contributed by atoms with Crippen LogP contribution in [0.25, 0.3) is 0 Å². The van der Waals surface area contributed by atoms with Gasteiger partial charge in [0.25, 0.3) is 0 Å². The van der Waals surface area contributed by atoms with Crippen molar-refractivity contribution in [1.29, 1.82) is 0 Å². The van der Waals surface area contributed by atoms with Crippen LogP contribution in [0, 0.1) is 0 Å². The summed E-state index contributed by atoms with van der Waals surface area (Å²) in [4.78, 5) is 18.2. The highest BCUT2D eigenvalue weighted by Gasteiger charge is 2.23. The van der Waals surface area contributed by atoms with Gasteiger partial charge >= 0.3 is 0 Å². The molecule has 7 heteroatoms. The minimum Gasteiger partial charge on any atom is -0.379 e. The zero-order chi connectivity index (χ0) is 19.2. The van der Waals surface area contributed by atoms with Gasteiger partial charge in [-0.3, -0.25) is 9.88 Å². The van der Waals surface area contributed by atoms with Crippen molar-refractivity contribution in [2.45, 2.75) is 24.8 Å². The number of aromatic nitrogens is 3. The lowest BCUT2D eigenvalue weighted by Crippen LogP contribution is -2.41. The zero-order valence-corrected chi connectivity index (χ0v) is 16.6. The van der Waals surface area contributed by atoms with Crippen LogP contribution in [0.2, 0.25) is 0 Å². The molecule has 0 aliphatic carbocycles. The van der Waals surface area contributed by atoms with Crippen LogP contribution in [0.4, 0.5) is 5.82 Å². The van der Waals surface area contributed by atoms with Gasteiger partial charge in [0, 0.05) is 49.7 Å². The van der Waals surface area contributed by atoms with Gasteiger partial charge in [-0.05, 0) is 44.6 Å². The van der Waals surface area contributed by atoms with Gasteiger partial charge in [-0.2, -0.15) is 0 Å². The number of nitrogens with one attached hydrogen (secondary N) is 1. The molecular formula is C21H30N6O. The van der Waals surface area contributed by atoms with Crippen molar-refractivity contribution in [3.8, 4) is 0 Å². The second-order valence-electron chi connectivity index (χ2n) is 7.74. The van der Waals surface area contributed by atoms with Crippen molar-refractivity contribution < 1.29 is 4.74 Å². The van der Waals surface area contributed by atoms with Crippen LogP contribution < -0.4 is 5.32 Å². The molecule has 4 heterocycles. The quantitative estimate of drug-likeness (QED) is 0.821. The SMILES string of the molecule is CN1CCC(c2cc(NCC(c3cccnc3)N3CCOCC3)ncn2)CC1. The largest absolute Gasteiger partial charge is 0.379 e. The van der Waals surface area contributed by atoms with E-state index < -0.39 is 0 Å². The molecule has 0 radical (unpaired) electrons. The Balaban J connectivity index is 1.44. The first-order chi connectivity index (χ1) is 13.8. The molecule has 0 amide bonds. The van der Waals surface area contributed by atoms with Gasteiger partial charge in [0.15, 0.2) is 0 Å². The molecule has 2 aromatic heterocycles. The molecule has 2 aliphatic heterocycles. The predicted molar refractivity (Wildman–Crippen MR) is 109 cm³/mol. The molecule has 0 saturated carbocycles. The summed E-state index contributed by atoms with van der Waals surface area (Å²) >= 11 is 0. The van der Waals surface area contributed by atoms with Gasteiger partial charge < -0.3 is 15.0 Å². The molecule has 2 fully saturated rings. The number of anilines is 1. The van der Waals surface area contributed by atoms with Crippen molar-refractivity contribution in [3.63, 3.8) is 0 Å². The van der Waals surface area contributed by atoms with Gasteiger partial charge in [-0.1, -0.05) is 6.07 Å². The molecule has 28 heavy (non-hydrogen) atoms. The van der Waals surface area contributed by atoms with Gasteiger partial charge in [-0.15, -0.1) is 0 Å². The number of piperidine rings is 1. The second-order valence-corrected chi connectivity index (χ2v) is 7.74. The summed E-state index contributed by atoms with van der Waals surface area (Å²) < 4.78 is 5.54. The average Bonchev–Trinajstić information content (AvgIpc) is 2.76. The maximum atomic E-state index is 5.54. The van der Waals surface area contributed by atoms with Crippen molar-refractivity contribution >= 4 is 5.82 Å². The molecule has 7 nitrogen and oxygen atoms in total. The number of hydrogen-bond acceptors (Lipinski definition) is 7. The van der Waals surface area contributed by atoms with Crippen LogP contribution >= 0.6 is 0 Å². The lowest BCUT2D eigenvalue weighted by Gasteiger charge is -2.34. The van der Waals surface area contributed by atoms with Gasteiger partial charge in [0.05, 0.1) is 19.3 Å². The minimum atomic E-state index is 0.249. The number of likely N-dealkylation sites (tertiary alicyclic amines) is 1. The van der Waals surface area contributed by atoms with Crippen LogP contribution in [0.15, 0.2) is 36.9 Å². The summed E-state index contributed by atoms with van der Waals surface area (Å²) in [5.41, 5.74) is 2.39. The topological polar surface area (TPSA) is 66.4 Å². The third kappa shape index (κ3) is 4.84. The molecule has 1 atom stereocenters. The van der Waals surface area contributed by atoms with Crippen molar-refractivity contribution in [3.05, 3.63) is 48.2 Å². The van der Waals surface area contributed by atoms with Crippen molar-refractivity contribution in [2.24, 2.45) is 0 Å². The van der Waals surface area contributed by atoms with Crippen LogP contribution in [-0.4, -0.2) is 77.7 Å². The third-order valence-corrected chi connectivity index (χ3v) is 5.86. The van der Waals surface area contributed by atoms with E-state index in [1.807, 2.05) is 18.5 Å². The van der Waals surface area contributed by atoms with Crippen molar-refractivity contribution in [2.75, 3.05) is 58.3 Å². The van der Waals surface area contributed by atoms with E-state index in [-0.39, 0.29) is 6.04 Å². The van der Waals surface area contributed by atoms with Crippen LogP contribution in [0.3, 0.4) is 0 Å². The lowest BCUT2D eigenvalue weighted by atomic mass is 9.93. The number of rotatable bonds is 6. The Morgan fingerprint density at radius 3 is 2.75 bits per heavy atom. The third-order valence-electron chi connectivity index (χ3n) is 5.86. The summed E-state index contributed by atoms with van der Waals surface area (Å²) in [6.07, 6.45) is 7.82. The van der Waals surface area contributed by atoms with Crippen LogP contribution in [0.1, 0.15) is 36.1 Å². The highest BCUT2D eigenvalue weighted by Crippen LogP contribution is 2.27. The maximum absolute atomic E-state index is 5.54. The Labute approximate surface area is 167 Å². The highest BCUT2D eigenvalue weighted by molar-refractivity contribution is 5.37.